The van der Waals surface area contributed by atoms with Gasteiger partial charge >= 0.3 is 0 Å². The van der Waals surface area contributed by atoms with Crippen molar-refractivity contribution in [1.29, 1.82) is 0 Å². The standard InChI is InChI=1S/C16H20ClNO2/c1-16(2)12-8-18(9-13(12)16)15(20)7-14(19)10-3-5-11(17)6-4-10/h3-6,12-14,19H,7-9H2,1-2H3. The largest absolute Gasteiger partial charge is 0.388 e. The van der Waals surface area contributed by atoms with Crippen LogP contribution in [0.5, 0.6) is 0 Å². The van der Waals surface area contributed by atoms with E-state index in [2.05, 4.69) is 13.8 Å². The number of likely N-dealkylation sites (tertiary alicyclic amines) is 1. The SMILES string of the molecule is CC1(C)C2CN(C(=O)CC(O)c3ccc(Cl)cc3)CC21. The molecule has 1 aliphatic heterocycles. The molecule has 1 heterocycles. The van der Waals surface area contributed by atoms with Crippen LogP contribution in [-0.4, -0.2) is 29.0 Å². The lowest BCUT2D eigenvalue weighted by Gasteiger charge is -2.23. The monoisotopic (exact) mass is 293 g/mol. The molecule has 1 amide bonds. The molecule has 1 aromatic rings. The summed E-state index contributed by atoms with van der Waals surface area (Å²) in [6.45, 7) is 6.24. The summed E-state index contributed by atoms with van der Waals surface area (Å²) in [5.74, 6) is 1.36. The Labute approximate surface area is 124 Å². The molecule has 1 saturated carbocycles. The van der Waals surface area contributed by atoms with Crippen LogP contribution in [0.3, 0.4) is 0 Å². The summed E-state index contributed by atoms with van der Waals surface area (Å²) in [5.41, 5.74) is 1.15. The topological polar surface area (TPSA) is 40.5 Å². The van der Waals surface area contributed by atoms with Gasteiger partial charge < -0.3 is 10.0 Å². The maximum absolute atomic E-state index is 12.2. The first-order valence-electron chi connectivity index (χ1n) is 7.11. The van der Waals surface area contributed by atoms with Crippen molar-refractivity contribution in [1.82, 2.24) is 4.90 Å². The van der Waals surface area contributed by atoms with Gasteiger partial charge in [0.2, 0.25) is 5.91 Å². The van der Waals surface area contributed by atoms with Crippen molar-refractivity contribution >= 4 is 17.5 Å². The van der Waals surface area contributed by atoms with E-state index >= 15 is 0 Å². The van der Waals surface area contributed by atoms with E-state index in [1.807, 2.05) is 4.90 Å². The molecule has 4 heteroatoms. The summed E-state index contributed by atoms with van der Waals surface area (Å²) in [6.07, 6.45) is -0.591. The molecular formula is C16H20ClNO2. The molecule has 3 rings (SSSR count). The Morgan fingerprint density at radius 1 is 1.35 bits per heavy atom. The number of aliphatic hydroxyl groups excluding tert-OH is 1. The Bertz CT molecular complexity index is 512. The molecule has 0 bridgehead atoms. The number of benzene rings is 1. The number of piperidine rings is 1. The molecule has 1 aromatic carbocycles. The van der Waals surface area contributed by atoms with E-state index in [0.717, 1.165) is 18.7 Å². The van der Waals surface area contributed by atoms with Crippen molar-refractivity contribution in [2.75, 3.05) is 13.1 Å². The molecule has 3 unspecified atom stereocenters. The van der Waals surface area contributed by atoms with Gasteiger partial charge in [0.25, 0.3) is 0 Å². The molecule has 0 aromatic heterocycles. The summed E-state index contributed by atoms with van der Waals surface area (Å²) in [7, 11) is 0. The number of aliphatic hydroxyl groups is 1. The fraction of sp³-hybridized carbons (Fsp3) is 0.562. The van der Waals surface area contributed by atoms with Crippen molar-refractivity contribution in [2.24, 2.45) is 17.3 Å². The van der Waals surface area contributed by atoms with Gasteiger partial charge in [-0.1, -0.05) is 37.6 Å². The van der Waals surface area contributed by atoms with Gasteiger partial charge in [0.05, 0.1) is 12.5 Å². The van der Waals surface area contributed by atoms with Gasteiger partial charge in [0.1, 0.15) is 0 Å². The number of carbonyl (C=O) groups excluding carboxylic acids is 1. The number of amides is 1. The normalized spacial score (nSPS) is 28.1. The smallest absolute Gasteiger partial charge is 0.225 e. The first-order chi connectivity index (χ1) is 9.39. The minimum Gasteiger partial charge on any atom is -0.388 e. The van der Waals surface area contributed by atoms with Gasteiger partial charge in [-0.2, -0.15) is 0 Å². The first-order valence-corrected chi connectivity index (χ1v) is 7.48. The minimum atomic E-state index is -0.746. The number of rotatable bonds is 3. The van der Waals surface area contributed by atoms with Crippen LogP contribution in [-0.2, 0) is 4.79 Å². The number of fused-ring (bicyclic) bond motifs is 1. The highest BCUT2D eigenvalue weighted by Crippen LogP contribution is 2.62. The van der Waals surface area contributed by atoms with E-state index in [1.54, 1.807) is 24.3 Å². The summed E-state index contributed by atoms with van der Waals surface area (Å²) in [5, 5.41) is 10.8. The van der Waals surface area contributed by atoms with Crippen molar-refractivity contribution in [3.63, 3.8) is 0 Å². The van der Waals surface area contributed by atoms with Gasteiger partial charge in [0, 0.05) is 18.1 Å². The second kappa shape index (κ2) is 4.74. The number of halogens is 1. The summed E-state index contributed by atoms with van der Waals surface area (Å²) < 4.78 is 0. The molecule has 2 fully saturated rings. The second-order valence-corrected chi connectivity index (χ2v) is 7.04. The van der Waals surface area contributed by atoms with Crippen LogP contribution in [0, 0.1) is 17.3 Å². The number of hydrogen-bond acceptors (Lipinski definition) is 2. The number of carbonyl (C=O) groups is 1. The van der Waals surface area contributed by atoms with Gasteiger partial charge in [-0.15, -0.1) is 0 Å². The molecule has 0 radical (unpaired) electrons. The van der Waals surface area contributed by atoms with Crippen molar-refractivity contribution in [2.45, 2.75) is 26.4 Å². The van der Waals surface area contributed by atoms with Crippen LogP contribution in [0.2, 0.25) is 5.02 Å². The van der Waals surface area contributed by atoms with Crippen LogP contribution in [0.15, 0.2) is 24.3 Å². The quantitative estimate of drug-likeness (QED) is 0.931. The summed E-state index contributed by atoms with van der Waals surface area (Å²) in [6, 6.07) is 7.01. The Balaban J connectivity index is 1.56. The summed E-state index contributed by atoms with van der Waals surface area (Å²) >= 11 is 5.82. The molecule has 1 saturated heterocycles. The molecule has 1 N–H and O–H groups in total. The predicted octanol–water partition coefficient (Wildman–Crippen LogP) is 2.88. The first kappa shape index (κ1) is 13.9. The van der Waals surface area contributed by atoms with E-state index in [9.17, 15) is 9.90 Å². The molecule has 3 nitrogen and oxygen atoms in total. The lowest BCUT2D eigenvalue weighted by Crippen LogP contribution is -2.33. The third kappa shape index (κ3) is 2.33. The van der Waals surface area contributed by atoms with E-state index in [-0.39, 0.29) is 12.3 Å². The highest BCUT2D eigenvalue weighted by molar-refractivity contribution is 6.30. The zero-order chi connectivity index (χ0) is 14.5. The average molecular weight is 294 g/mol. The zero-order valence-electron chi connectivity index (χ0n) is 11.8. The van der Waals surface area contributed by atoms with Crippen LogP contribution in [0.4, 0.5) is 0 Å². The zero-order valence-corrected chi connectivity index (χ0v) is 12.6. The van der Waals surface area contributed by atoms with Crippen molar-refractivity contribution < 1.29 is 9.90 Å². The molecule has 1 aliphatic carbocycles. The molecule has 3 atom stereocenters. The Kier molecular flexibility index (Phi) is 3.30. The van der Waals surface area contributed by atoms with Gasteiger partial charge in [-0.3, -0.25) is 4.79 Å². The molecule has 2 aliphatic rings. The molecule has 108 valence electrons. The van der Waals surface area contributed by atoms with Crippen LogP contribution in [0.25, 0.3) is 0 Å². The fourth-order valence-electron chi connectivity index (χ4n) is 3.43. The molecule has 0 spiro atoms. The Morgan fingerprint density at radius 2 is 1.90 bits per heavy atom. The Morgan fingerprint density at radius 3 is 2.45 bits per heavy atom. The fourth-order valence-corrected chi connectivity index (χ4v) is 3.56. The maximum Gasteiger partial charge on any atom is 0.225 e. The van der Waals surface area contributed by atoms with Gasteiger partial charge in [-0.25, -0.2) is 0 Å². The number of nitrogens with zero attached hydrogens (tertiary/aromatic N) is 1. The van der Waals surface area contributed by atoms with Crippen LogP contribution in [0.1, 0.15) is 31.9 Å². The molecule has 20 heavy (non-hydrogen) atoms. The van der Waals surface area contributed by atoms with Crippen LogP contribution >= 0.6 is 11.6 Å². The lowest BCUT2D eigenvalue weighted by molar-refractivity contribution is -0.133. The third-order valence-electron chi connectivity index (χ3n) is 5.10. The highest BCUT2D eigenvalue weighted by atomic mass is 35.5. The van der Waals surface area contributed by atoms with E-state index < -0.39 is 6.10 Å². The van der Waals surface area contributed by atoms with Gasteiger partial charge in [-0.05, 0) is 34.9 Å². The van der Waals surface area contributed by atoms with Gasteiger partial charge in [0.15, 0.2) is 0 Å². The van der Waals surface area contributed by atoms with E-state index in [0.29, 0.717) is 22.3 Å². The maximum atomic E-state index is 12.2. The lowest BCUT2D eigenvalue weighted by atomic mass is 10.0. The van der Waals surface area contributed by atoms with Crippen molar-refractivity contribution in [3.8, 4) is 0 Å². The minimum absolute atomic E-state index is 0.0513. The predicted molar refractivity (Wildman–Crippen MR) is 78.4 cm³/mol. The second-order valence-electron chi connectivity index (χ2n) is 6.60. The van der Waals surface area contributed by atoms with E-state index in [1.165, 1.54) is 0 Å². The van der Waals surface area contributed by atoms with Crippen molar-refractivity contribution in [3.05, 3.63) is 34.9 Å². The highest BCUT2D eigenvalue weighted by Gasteiger charge is 2.62. The Hall–Kier alpha value is -1.06. The molecular weight excluding hydrogens is 274 g/mol. The number of hydrogen-bond donors (Lipinski definition) is 1. The van der Waals surface area contributed by atoms with E-state index in [4.69, 9.17) is 11.6 Å². The average Bonchev–Trinajstić information content (AvgIpc) is 2.80. The summed E-state index contributed by atoms with van der Waals surface area (Å²) in [4.78, 5) is 14.1. The van der Waals surface area contributed by atoms with Crippen LogP contribution < -0.4 is 0 Å². The third-order valence-corrected chi connectivity index (χ3v) is 5.35.